The first-order valence-corrected chi connectivity index (χ1v) is 4.87. The van der Waals surface area contributed by atoms with Crippen LogP contribution in [0.15, 0.2) is 0 Å². The van der Waals surface area contributed by atoms with Gasteiger partial charge in [0.2, 0.25) is 0 Å². The van der Waals surface area contributed by atoms with Crippen molar-refractivity contribution in [2.24, 2.45) is 5.92 Å². The Hall–Kier alpha value is -0.370. The van der Waals surface area contributed by atoms with Gasteiger partial charge in [0.1, 0.15) is 5.78 Å². The predicted molar refractivity (Wildman–Crippen MR) is 49.8 cm³/mol. The molecule has 0 aromatic carbocycles. The van der Waals surface area contributed by atoms with E-state index in [-0.39, 0.29) is 0 Å². The van der Waals surface area contributed by atoms with E-state index in [1.807, 2.05) is 0 Å². The van der Waals surface area contributed by atoms with Crippen molar-refractivity contribution in [1.29, 1.82) is 0 Å². The first kappa shape index (κ1) is 9.72. The summed E-state index contributed by atoms with van der Waals surface area (Å²) in [6.07, 6.45) is 6.00. The third-order valence-corrected chi connectivity index (χ3v) is 2.54. The van der Waals surface area contributed by atoms with Gasteiger partial charge < -0.3 is 5.32 Å². The van der Waals surface area contributed by atoms with Gasteiger partial charge in [0.15, 0.2) is 0 Å². The van der Waals surface area contributed by atoms with Gasteiger partial charge in [-0.05, 0) is 26.3 Å². The van der Waals surface area contributed by atoms with Gasteiger partial charge in [-0.3, -0.25) is 4.79 Å². The van der Waals surface area contributed by atoms with Crippen molar-refractivity contribution in [3.05, 3.63) is 6.92 Å². The highest BCUT2D eigenvalue weighted by atomic mass is 16.1. The van der Waals surface area contributed by atoms with Gasteiger partial charge in [0.05, 0.1) is 6.54 Å². The van der Waals surface area contributed by atoms with E-state index in [1.54, 1.807) is 0 Å². The molecule has 69 valence electrons. The topological polar surface area (TPSA) is 29.1 Å². The highest BCUT2D eigenvalue weighted by molar-refractivity contribution is 5.82. The summed E-state index contributed by atoms with van der Waals surface area (Å²) in [4.78, 5) is 11.5. The molecule has 2 heteroatoms. The molecule has 1 aliphatic carbocycles. The van der Waals surface area contributed by atoms with Crippen LogP contribution in [0.25, 0.3) is 0 Å². The van der Waals surface area contributed by atoms with Crippen LogP contribution in [0.3, 0.4) is 0 Å². The number of carbonyl (C=O) groups is 1. The molecule has 0 aliphatic heterocycles. The first-order valence-electron chi connectivity index (χ1n) is 4.87. The van der Waals surface area contributed by atoms with Crippen LogP contribution in [-0.4, -0.2) is 18.9 Å². The molecule has 0 saturated heterocycles. The van der Waals surface area contributed by atoms with E-state index in [9.17, 15) is 4.79 Å². The monoisotopic (exact) mass is 168 g/mol. The summed E-state index contributed by atoms with van der Waals surface area (Å²) in [5, 5.41) is 2.98. The Labute approximate surface area is 74.7 Å². The lowest BCUT2D eigenvalue weighted by molar-refractivity contribution is -0.122. The molecule has 1 N–H and O–H groups in total. The number of hydrogen-bond acceptors (Lipinski definition) is 2. The van der Waals surface area contributed by atoms with Crippen LogP contribution in [0.1, 0.15) is 32.1 Å². The van der Waals surface area contributed by atoms with Crippen LogP contribution < -0.4 is 5.32 Å². The van der Waals surface area contributed by atoms with E-state index in [2.05, 4.69) is 12.2 Å². The highest BCUT2D eigenvalue weighted by Crippen LogP contribution is 2.23. The van der Waals surface area contributed by atoms with E-state index < -0.39 is 0 Å². The number of carbonyl (C=O) groups excluding carboxylic acids is 1. The van der Waals surface area contributed by atoms with E-state index in [1.165, 1.54) is 19.3 Å². The van der Waals surface area contributed by atoms with Crippen molar-refractivity contribution in [2.75, 3.05) is 13.1 Å². The Morgan fingerprint density at radius 1 is 1.33 bits per heavy atom. The summed E-state index contributed by atoms with van der Waals surface area (Å²) in [6.45, 7) is 4.81. The molecular weight excluding hydrogens is 150 g/mol. The fourth-order valence-electron chi connectivity index (χ4n) is 1.78. The molecule has 0 spiro atoms. The summed E-state index contributed by atoms with van der Waals surface area (Å²) < 4.78 is 0. The van der Waals surface area contributed by atoms with E-state index in [4.69, 9.17) is 0 Å². The van der Waals surface area contributed by atoms with Crippen LogP contribution in [0, 0.1) is 12.8 Å². The molecule has 0 amide bonds. The molecule has 0 atom stereocenters. The van der Waals surface area contributed by atoms with Gasteiger partial charge >= 0.3 is 0 Å². The van der Waals surface area contributed by atoms with Gasteiger partial charge in [-0.25, -0.2) is 0 Å². The Bertz CT molecular complexity index is 139. The SMILES string of the molecule is [CH2]CNCC(=O)C1CCCCC1. The minimum atomic E-state index is 0.345. The average molecular weight is 168 g/mol. The normalized spacial score (nSPS) is 19.4. The molecule has 0 heterocycles. The van der Waals surface area contributed by atoms with E-state index in [0.29, 0.717) is 24.8 Å². The molecule has 0 aromatic heterocycles. The number of rotatable bonds is 4. The molecule has 1 radical (unpaired) electrons. The molecule has 0 bridgehead atoms. The lowest BCUT2D eigenvalue weighted by Crippen LogP contribution is -2.29. The Morgan fingerprint density at radius 2 is 2.00 bits per heavy atom. The molecule has 1 aliphatic rings. The predicted octanol–water partition coefficient (Wildman–Crippen LogP) is 1.56. The van der Waals surface area contributed by atoms with Crippen molar-refractivity contribution >= 4 is 5.78 Å². The minimum absolute atomic E-state index is 0.345. The standard InChI is InChI=1S/C10H18NO/c1-2-11-8-10(12)9-6-4-3-5-7-9/h9,11H,1-8H2. The fourth-order valence-corrected chi connectivity index (χ4v) is 1.78. The third kappa shape index (κ3) is 2.94. The molecule has 12 heavy (non-hydrogen) atoms. The molecule has 1 fully saturated rings. The summed E-state index contributed by atoms with van der Waals surface area (Å²) >= 11 is 0. The summed E-state index contributed by atoms with van der Waals surface area (Å²) in [5.41, 5.74) is 0. The number of nitrogens with one attached hydrogen (secondary N) is 1. The lowest BCUT2D eigenvalue weighted by Gasteiger charge is -2.20. The van der Waals surface area contributed by atoms with Crippen LogP contribution in [0.2, 0.25) is 0 Å². The van der Waals surface area contributed by atoms with Gasteiger partial charge in [-0.1, -0.05) is 19.3 Å². The van der Waals surface area contributed by atoms with Crippen LogP contribution in [0.5, 0.6) is 0 Å². The minimum Gasteiger partial charge on any atom is -0.310 e. The van der Waals surface area contributed by atoms with E-state index in [0.717, 1.165) is 12.8 Å². The lowest BCUT2D eigenvalue weighted by atomic mass is 9.86. The first-order chi connectivity index (χ1) is 5.84. The van der Waals surface area contributed by atoms with Gasteiger partial charge in [-0.15, -0.1) is 0 Å². The maximum atomic E-state index is 11.5. The van der Waals surface area contributed by atoms with Gasteiger partial charge in [-0.2, -0.15) is 0 Å². The Kier molecular flexibility index (Phi) is 4.30. The number of Topliss-reactive ketones (excluding diaryl/α,β-unsaturated/α-hetero) is 1. The van der Waals surface area contributed by atoms with Crippen molar-refractivity contribution in [2.45, 2.75) is 32.1 Å². The Balaban J connectivity index is 2.20. The second-order valence-corrected chi connectivity index (χ2v) is 3.48. The molecule has 2 nitrogen and oxygen atoms in total. The highest BCUT2D eigenvalue weighted by Gasteiger charge is 2.19. The van der Waals surface area contributed by atoms with Crippen molar-refractivity contribution < 1.29 is 4.79 Å². The van der Waals surface area contributed by atoms with Crippen molar-refractivity contribution in [3.8, 4) is 0 Å². The zero-order chi connectivity index (χ0) is 8.81. The second kappa shape index (κ2) is 5.31. The van der Waals surface area contributed by atoms with Gasteiger partial charge in [0, 0.05) is 5.92 Å². The van der Waals surface area contributed by atoms with Crippen molar-refractivity contribution in [1.82, 2.24) is 5.32 Å². The maximum Gasteiger partial charge on any atom is 0.149 e. The molecule has 1 saturated carbocycles. The van der Waals surface area contributed by atoms with Crippen molar-refractivity contribution in [3.63, 3.8) is 0 Å². The third-order valence-electron chi connectivity index (χ3n) is 2.54. The van der Waals surface area contributed by atoms with Crippen LogP contribution >= 0.6 is 0 Å². The molecular formula is C10H18NO. The Morgan fingerprint density at radius 3 is 2.58 bits per heavy atom. The summed E-state index contributed by atoms with van der Waals surface area (Å²) in [5.74, 6) is 0.733. The maximum absolute atomic E-state index is 11.5. The fraction of sp³-hybridized carbons (Fsp3) is 0.800. The number of ketones is 1. The summed E-state index contributed by atoms with van der Waals surface area (Å²) in [6, 6.07) is 0. The molecule has 0 aromatic rings. The van der Waals surface area contributed by atoms with Crippen LogP contribution in [-0.2, 0) is 4.79 Å². The smallest absolute Gasteiger partial charge is 0.149 e. The quantitative estimate of drug-likeness (QED) is 0.690. The van der Waals surface area contributed by atoms with Crippen LogP contribution in [0.4, 0.5) is 0 Å². The number of hydrogen-bond donors (Lipinski definition) is 1. The zero-order valence-electron chi connectivity index (χ0n) is 7.64. The van der Waals surface area contributed by atoms with E-state index >= 15 is 0 Å². The summed E-state index contributed by atoms with van der Waals surface area (Å²) in [7, 11) is 0. The second-order valence-electron chi connectivity index (χ2n) is 3.48. The molecule has 1 rings (SSSR count). The average Bonchev–Trinajstić information content (AvgIpc) is 2.15. The largest absolute Gasteiger partial charge is 0.310 e. The van der Waals surface area contributed by atoms with Gasteiger partial charge in [0.25, 0.3) is 0 Å². The zero-order valence-corrected chi connectivity index (χ0v) is 7.64. The molecule has 0 unspecified atom stereocenters.